The third-order valence-corrected chi connectivity index (χ3v) is 4.11. The van der Waals surface area contributed by atoms with E-state index in [1.165, 1.54) is 6.07 Å². The Kier molecular flexibility index (Phi) is 4.37. The Hall–Kier alpha value is -2.63. The predicted octanol–water partition coefficient (Wildman–Crippen LogP) is 5.07. The molecule has 1 heterocycles. The van der Waals surface area contributed by atoms with E-state index in [1.54, 1.807) is 26.0 Å². The number of carbonyl (C=O) groups excluding carboxylic acids is 1. The molecule has 6 heteroatoms. The lowest BCUT2D eigenvalue weighted by Gasteiger charge is -2.15. The highest BCUT2D eigenvalue weighted by Gasteiger charge is 2.31. The highest BCUT2D eigenvalue weighted by molar-refractivity contribution is 6.07. The summed E-state index contributed by atoms with van der Waals surface area (Å²) in [6.07, 6.45) is -4.45. The van der Waals surface area contributed by atoms with Crippen LogP contribution in [0.4, 0.5) is 13.2 Å². The van der Waals surface area contributed by atoms with Crippen molar-refractivity contribution >= 4 is 27.6 Å². The van der Waals surface area contributed by atoms with Gasteiger partial charge in [-0.05, 0) is 31.4 Å². The number of esters is 1. The smallest absolute Gasteiger partial charge is 0.416 e. The lowest BCUT2D eigenvalue weighted by atomic mass is 9.97. The number of nitrogens with zero attached hydrogens (tertiary/aromatic N) is 1. The van der Waals surface area contributed by atoms with E-state index >= 15 is 0 Å². The molecule has 0 saturated heterocycles. The first-order valence-electron chi connectivity index (χ1n) is 7.89. The third-order valence-electron chi connectivity index (χ3n) is 4.11. The van der Waals surface area contributed by atoms with E-state index in [1.807, 2.05) is 12.1 Å². The number of hydrogen-bond donors (Lipinski definition) is 0. The van der Waals surface area contributed by atoms with Crippen LogP contribution < -0.4 is 0 Å². The Morgan fingerprint density at radius 1 is 1.12 bits per heavy atom. The number of halogens is 3. The van der Waals surface area contributed by atoms with Crippen LogP contribution in [0.5, 0.6) is 0 Å². The van der Waals surface area contributed by atoms with Gasteiger partial charge in [0.05, 0.1) is 29.3 Å². The second-order valence-corrected chi connectivity index (χ2v) is 5.75. The van der Waals surface area contributed by atoms with Gasteiger partial charge in [0.1, 0.15) is 0 Å². The van der Waals surface area contributed by atoms with Gasteiger partial charge >= 0.3 is 12.1 Å². The van der Waals surface area contributed by atoms with E-state index in [0.717, 1.165) is 22.9 Å². The molecule has 0 aliphatic carbocycles. The quantitative estimate of drug-likeness (QED) is 0.490. The molecule has 3 aromatic rings. The van der Waals surface area contributed by atoms with Crippen LogP contribution in [0.3, 0.4) is 0 Å². The lowest BCUT2D eigenvalue weighted by Crippen LogP contribution is -2.15. The Labute approximate surface area is 142 Å². The molecule has 0 unspecified atom stereocenters. The molecule has 0 spiro atoms. The van der Waals surface area contributed by atoms with Gasteiger partial charge in [-0.25, -0.2) is 0 Å². The molecule has 25 heavy (non-hydrogen) atoms. The molecule has 2 aromatic carbocycles. The van der Waals surface area contributed by atoms with Crippen LogP contribution in [-0.2, 0) is 15.7 Å². The zero-order valence-corrected chi connectivity index (χ0v) is 13.7. The number of carbonyl (C=O) groups is 1. The molecule has 0 bridgehead atoms. The van der Waals surface area contributed by atoms with Gasteiger partial charge in [-0.3, -0.25) is 9.78 Å². The maximum Gasteiger partial charge on any atom is 0.416 e. The zero-order chi connectivity index (χ0) is 18.2. The van der Waals surface area contributed by atoms with Crippen molar-refractivity contribution < 1.29 is 22.7 Å². The average molecular weight is 347 g/mol. The number of alkyl halides is 3. The number of fused-ring (bicyclic) bond motifs is 3. The van der Waals surface area contributed by atoms with Crippen LogP contribution in [0.2, 0.25) is 0 Å². The first-order chi connectivity index (χ1) is 11.8. The van der Waals surface area contributed by atoms with Gasteiger partial charge in [-0.1, -0.05) is 30.3 Å². The second kappa shape index (κ2) is 6.35. The normalized spacial score (nSPS) is 13.2. The minimum atomic E-state index is -4.45. The Balaban J connectivity index is 2.29. The molecular formula is C19H16F3NO2. The van der Waals surface area contributed by atoms with Crippen molar-refractivity contribution in [2.45, 2.75) is 25.9 Å². The first-order valence-corrected chi connectivity index (χ1v) is 7.89. The van der Waals surface area contributed by atoms with E-state index in [0.29, 0.717) is 11.1 Å². The molecule has 0 amide bonds. The van der Waals surface area contributed by atoms with E-state index in [9.17, 15) is 18.0 Å². The number of hydrogen-bond acceptors (Lipinski definition) is 3. The number of benzene rings is 2. The summed E-state index contributed by atoms with van der Waals surface area (Å²) in [5.41, 5.74) is -0.141. The third kappa shape index (κ3) is 3.16. The summed E-state index contributed by atoms with van der Waals surface area (Å²) in [6, 6.07) is 10.7. The minimum Gasteiger partial charge on any atom is -0.465 e. The van der Waals surface area contributed by atoms with Gasteiger partial charge in [0.2, 0.25) is 0 Å². The summed E-state index contributed by atoms with van der Waals surface area (Å²) in [5, 5.41) is 2.10. The number of ether oxygens (including phenoxy) is 1. The van der Waals surface area contributed by atoms with E-state index in [2.05, 4.69) is 4.98 Å². The van der Waals surface area contributed by atoms with Crippen LogP contribution in [-0.4, -0.2) is 17.6 Å². The average Bonchev–Trinajstić information content (AvgIpc) is 2.59. The van der Waals surface area contributed by atoms with Crippen LogP contribution in [0.15, 0.2) is 42.5 Å². The molecule has 1 atom stereocenters. The fourth-order valence-corrected chi connectivity index (χ4v) is 2.87. The van der Waals surface area contributed by atoms with Crippen molar-refractivity contribution in [1.82, 2.24) is 4.98 Å². The van der Waals surface area contributed by atoms with E-state index < -0.39 is 23.6 Å². The molecule has 0 aliphatic rings. The Morgan fingerprint density at radius 2 is 1.80 bits per heavy atom. The van der Waals surface area contributed by atoms with Crippen LogP contribution in [0.25, 0.3) is 21.7 Å². The van der Waals surface area contributed by atoms with Crippen molar-refractivity contribution in [2.75, 3.05) is 6.61 Å². The topological polar surface area (TPSA) is 39.2 Å². The van der Waals surface area contributed by atoms with Crippen LogP contribution in [0, 0.1) is 0 Å². The number of aromatic nitrogens is 1. The maximum absolute atomic E-state index is 13.0. The number of pyridine rings is 1. The predicted molar refractivity (Wildman–Crippen MR) is 89.3 cm³/mol. The molecule has 0 fully saturated rings. The Bertz CT molecular complexity index is 950. The summed E-state index contributed by atoms with van der Waals surface area (Å²) in [7, 11) is 0. The standard InChI is InChI=1S/C19H16F3NO2/c1-3-25-18(24)11(2)17-15-7-5-4-6-13(15)14-9-8-12(19(20,21)22)10-16(14)23-17/h4-11H,3H2,1-2H3/t11-/m0/s1. The molecule has 0 aliphatic heterocycles. The highest BCUT2D eigenvalue weighted by Crippen LogP contribution is 2.35. The van der Waals surface area contributed by atoms with Crippen molar-refractivity contribution in [3.63, 3.8) is 0 Å². The lowest BCUT2D eigenvalue weighted by molar-refractivity contribution is -0.144. The fourth-order valence-electron chi connectivity index (χ4n) is 2.87. The largest absolute Gasteiger partial charge is 0.465 e. The summed E-state index contributed by atoms with van der Waals surface area (Å²) in [6.45, 7) is 3.57. The molecule has 3 nitrogen and oxygen atoms in total. The molecule has 0 radical (unpaired) electrons. The van der Waals surface area contributed by atoms with Crippen molar-refractivity contribution in [3.05, 3.63) is 53.7 Å². The fraction of sp³-hybridized carbons (Fsp3) is 0.263. The van der Waals surface area contributed by atoms with Gasteiger partial charge in [0.15, 0.2) is 0 Å². The van der Waals surface area contributed by atoms with Gasteiger partial charge in [0.25, 0.3) is 0 Å². The van der Waals surface area contributed by atoms with Gasteiger partial charge in [0, 0.05) is 10.8 Å². The molecule has 130 valence electrons. The molecule has 0 N–H and O–H groups in total. The summed E-state index contributed by atoms with van der Waals surface area (Å²) < 4.78 is 44.1. The second-order valence-electron chi connectivity index (χ2n) is 5.75. The zero-order valence-electron chi connectivity index (χ0n) is 13.7. The highest BCUT2D eigenvalue weighted by atomic mass is 19.4. The van der Waals surface area contributed by atoms with Gasteiger partial charge in [-0.15, -0.1) is 0 Å². The molecule has 3 rings (SSSR count). The number of rotatable bonds is 3. The summed E-state index contributed by atoms with van der Waals surface area (Å²) in [4.78, 5) is 16.5. The van der Waals surface area contributed by atoms with Gasteiger partial charge < -0.3 is 4.74 Å². The van der Waals surface area contributed by atoms with Gasteiger partial charge in [-0.2, -0.15) is 13.2 Å². The van der Waals surface area contributed by atoms with E-state index in [-0.39, 0.29) is 12.1 Å². The molecular weight excluding hydrogens is 331 g/mol. The summed E-state index contributed by atoms with van der Waals surface area (Å²) >= 11 is 0. The first kappa shape index (κ1) is 17.2. The van der Waals surface area contributed by atoms with Crippen molar-refractivity contribution in [2.24, 2.45) is 0 Å². The van der Waals surface area contributed by atoms with Crippen LogP contribution in [0.1, 0.15) is 31.0 Å². The van der Waals surface area contributed by atoms with Crippen LogP contribution >= 0.6 is 0 Å². The monoisotopic (exact) mass is 347 g/mol. The molecule has 0 saturated carbocycles. The minimum absolute atomic E-state index is 0.208. The summed E-state index contributed by atoms with van der Waals surface area (Å²) in [5.74, 6) is -1.13. The molecule has 1 aromatic heterocycles. The van der Waals surface area contributed by atoms with Crippen molar-refractivity contribution in [3.8, 4) is 0 Å². The SMILES string of the molecule is CCOC(=O)[C@@H](C)c1nc2cc(C(F)(F)F)ccc2c2ccccc12. The Morgan fingerprint density at radius 3 is 2.44 bits per heavy atom. The van der Waals surface area contributed by atoms with Crippen molar-refractivity contribution in [1.29, 1.82) is 0 Å². The van der Waals surface area contributed by atoms with E-state index in [4.69, 9.17) is 4.74 Å². The maximum atomic E-state index is 13.0.